The molecule has 0 saturated carbocycles. The summed E-state index contributed by atoms with van der Waals surface area (Å²) < 4.78 is 15.5. The normalized spacial score (nSPS) is 15.0. The van der Waals surface area contributed by atoms with Gasteiger partial charge < -0.3 is 24.6 Å². The summed E-state index contributed by atoms with van der Waals surface area (Å²) in [6, 6.07) is 0. The Morgan fingerprint density at radius 3 is 2.54 bits per heavy atom. The molecule has 130 valence electrons. The third kappa shape index (κ3) is 3.76. The van der Waals surface area contributed by atoms with Crippen molar-refractivity contribution in [1.82, 2.24) is 10.4 Å². The van der Waals surface area contributed by atoms with E-state index in [-0.39, 0.29) is 24.3 Å². The molecule has 8 heteroatoms. The van der Waals surface area contributed by atoms with E-state index in [1.165, 1.54) is 6.20 Å². The van der Waals surface area contributed by atoms with Gasteiger partial charge in [0.15, 0.2) is 0 Å². The molecule has 2 rings (SSSR count). The molecule has 2 heterocycles. The highest BCUT2D eigenvalue weighted by atomic mass is 16.5. The van der Waals surface area contributed by atoms with E-state index in [1.807, 2.05) is 6.92 Å². The Balaban J connectivity index is 2.41. The molecule has 0 aromatic carbocycles. The summed E-state index contributed by atoms with van der Waals surface area (Å²) in [6.07, 6.45) is 3.15. The summed E-state index contributed by atoms with van der Waals surface area (Å²) >= 11 is 0. The van der Waals surface area contributed by atoms with Crippen LogP contribution in [-0.2, 0) is 14.2 Å². The van der Waals surface area contributed by atoms with E-state index in [2.05, 4.69) is 15.5 Å². The fourth-order valence-electron chi connectivity index (χ4n) is 2.24. The number of rotatable bonds is 6. The highest BCUT2D eigenvalue weighted by molar-refractivity contribution is 6.07. The zero-order chi connectivity index (χ0) is 17.5. The van der Waals surface area contributed by atoms with Crippen LogP contribution in [0.3, 0.4) is 0 Å². The van der Waals surface area contributed by atoms with Gasteiger partial charge in [-0.1, -0.05) is 0 Å². The predicted octanol–water partition coefficient (Wildman–Crippen LogP) is 1.70. The van der Waals surface area contributed by atoms with Crippen molar-refractivity contribution in [3.05, 3.63) is 28.6 Å². The van der Waals surface area contributed by atoms with Crippen molar-refractivity contribution >= 4 is 23.9 Å². The lowest BCUT2D eigenvalue weighted by Gasteiger charge is -2.06. The van der Waals surface area contributed by atoms with Gasteiger partial charge in [0.25, 0.3) is 0 Å². The van der Waals surface area contributed by atoms with Crippen LogP contribution in [0.25, 0.3) is 6.08 Å². The Morgan fingerprint density at radius 2 is 1.88 bits per heavy atom. The second kappa shape index (κ2) is 8.19. The number of aromatic nitrogens is 1. The van der Waals surface area contributed by atoms with Crippen LogP contribution in [0.1, 0.15) is 47.2 Å². The molecule has 0 unspecified atom stereocenters. The first kappa shape index (κ1) is 17.6. The second-order valence-corrected chi connectivity index (χ2v) is 4.79. The molecule has 0 atom stereocenters. The molecular weight excluding hydrogens is 314 g/mol. The minimum atomic E-state index is -0.588. The molecule has 1 aromatic heterocycles. The third-order valence-electron chi connectivity index (χ3n) is 3.21. The largest absolute Gasteiger partial charge is 0.477 e. The highest BCUT2D eigenvalue weighted by Crippen LogP contribution is 2.21. The maximum atomic E-state index is 12.3. The Hall–Kier alpha value is -2.77. The van der Waals surface area contributed by atoms with Crippen LogP contribution in [0.5, 0.6) is 0 Å². The Labute approximate surface area is 139 Å². The van der Waals surface area contributed by atoms with Gasteiger partial charge in [-0.05, 0) is 26.8 Å². The van der Waals surface area contributed by atoms with Gasteiger partial charge in [0.05, 0.1) is 43.2 Å². The molecule has 0 spiro atoms. The van der Waals surface area contributed by atoms with Crippen molar-refractivity contribution in [1.29, 1.82) is 0 Å². The summed E-state index contributed by atoms with van der Waals surface area (Å²) in [5.74, 6) is -0.709. The van der Waals surface area contributed by atoms with Crippen LogP contribution >= 0.6 is 0 Å². The van der Waals surface area contributed by atoms with Gasteiger partial charge >= 0.3 is 11.9 Å². The summed E-state index contributed by atoms with van der Waals surface area (Å²) in [4.78, 5) is 27.3. The molecule has 0 amide bonds. The number of hydrogen-bond acceptors (Lipinski definition) is 7. The zero-order valence-corrected chi connectivity index (χ0v) is 14.0. The van der Waals surface area contributed by atoms with Crippen molar-refractivity contribution in [2.75, 3.05) is 26.4 Å². The molecule has 0 radical (unpaired) electrons. The maximum Gasteiger partial charge on any atom is 0.341 e. The lowest BCUT2D eigenvalue weighted by molar-refractivity contribution is 0.0480. The number of ether oxygens (including phenoxy) is 3. The average molecular weight is 335 g/mol. The quantitative estimate of drug-likeness (QED) is 0.767. The van der Waals surface area contributed by atoms with Gasteiger partial charge in [-0.3, -0.25) is 0 Å². The van der Waals surface area contributed by atoms with E-state index in [0.717, 1.165) is 5.57 Å². The average Bonchev–Trinajstić information content (AvgIpc) is 3.16. The summed E-state index contributed by atoms with van der Waals surface area (Å²) in [6.45, 7) is 6.62. The molecule has 1 aliphatic rings. The first-order valence-electron chi connectivity index (χ1n) is 7.82. The van der Waals surface area contributed by atoms with Crippen LogP contribution in [0.2, 0.25) is 0 Å². The third-order valence-corrected chi connectivity index (χ3v) is 3.21. The van der Waals surface area contributed by atoms with Gasteiger partial charge in [0, 0.05) is 11.8 Å². The molecule has 24 heavy (non-hydrogen) atoms. The van der Waals surface area contributed by atoms with E-state index < -0.39 is 11.9 Å². The van der Waals surface area contributed by atoms with Crippen molar-refractivity contribution in [3.63, 3.8) is 0 Å². The number of carbonyl (C=O) groups excluding carboxylic acids is 2. The van der Waals surface area contributed by atoms with Crippen molar-refractivity contribution in [2.24, 2.45) is 5.10 Å². The number of H-pyrrole nitrogens is 1. The highest BCUT2D eigenvalue weighted by Gasteiger charge is 2.25. The topological polar surface area (TPSA) is 102 Å². The predicted molar refractivity (Wildman–Crippen MR) is 87.7 cm³/mol. The lowest BCUT2D eigenvalue weighted by atomic mass is 10.1. The van der Waals surface area contributed by atoms with Crippen LogP contribution in [-0.4, -0.2) is 49.2 Å². The van der Waals surface area contributed by atoms with Crippen molar-refractivity contribution in [2.45, 2.75) is 20.8 Å². The first-order chi connectivity index (χ1) is 11.6. The van der Waals surface area contributed by atoms with Gasteiger partial charge in [0.2, 0.25) is 5.90 Å². The molecule has 0 saturated heterocycles. The number of carbonyl (C=O) groups is 2. The van der Waals surface area contributed by atoms with Crippen LogP contribution in [0.4, 0.5) is 0 Å². The number of esters is 2. The summed E-state index contributed by atoms with van der Waals surface area (Å²) in [7, 11) is 0. The summed E-state index contributed by atoms with van der Waals surface area (Å²) in [5, 5.41) is 4.04. The van der Waals surface area contributed by atoms with Gasteiger partial charge in [0.1, 0.15) is 0 Å². The zero-order valence-electron chi connectivity index (χ0n) is 14.0. The molecule has 1 aromatic rings. The number of nitrogens with zero attached hydrogens (tertiary/aromatic N) is 1. The minimum absolute atomic E-state index is 0.142. The van der Waals surface area contributed by atoms with Gasteiger partial charge in [-0.25, -0.2) is 9.59 Å². The molecular formula is C16H21N3O5. The number of nitrogens with one attached hydrogen (secondary N) is 2. The SMILES string of the molecule is CCOC(=O)c1c[nH]c(C=C2CNN=C2OCC)c1C(=O)OCC. The van der Waals surface area contributed by atoms with E-state index in [0.29, 0.717) is 24.7 Å². The molecule has 2 N–H and O–H groups in total. The molecule has 0 aliphatic carbocycles. The van der Waals surface area contributed by atoms with Crippen LogP contribution in [0, 0.1) is 0 Å². The van der Waals surface area contributed by atoms with Crippen molar-refractivity contribution in [3.8, 4) is 0 Å². The fourth-order valence-corrected chi connectivity index (χ4v) is 2.24. The van der Waals surface area contributed by atoms with E-state index >= 15 is 0 Å². The number of aromatic amines is 1. The monoisotopic (exact) mass is 335 g/mol. The van der Waals surface area contributed by atoms with E-state index in [1.54, 1.807) is 19.9 Å². The number of hydrogen-bond donors (Lipinski definition) is 2. The Kier molecular flexibility index (Phi) is 6.00. The minimum Gasteiger partial charge on any atom is -0.477 e. The van der Waals surface area contributed by atoms with Gasteiger partial charge in [-0.2, -0.15) is 0 Å². The number of hydrazone groups is 1. The van der Waals surface area contributed by atoms with E-state index in [9.17, 15) is 9.59 Å². The van der Waals surface area contributed by atoms with Crippen LogP contribution in [0.15, 0.2) is 16.9 Å². The second-order valence-electron chi connectivity index (χ2n) is 4.79. The smallest absolute Gasteiger partial charge is 0.341 e. The van der Waals surface area contributed by atoms with Crippen LogP contribution < -0.4 is 5.43 Å². The van der Waals surface area contributed by atoms with E-state index in [4.69, 9.17) is 14.2 Å². The first-order valence-corrected chi connectivity index (χ1v) is 7.82. The summed E-state index contributed by atoms with van der Waals surface area (Å²) in [5.41, 5.74) is 4.32. The van der Waals surface area contributed by atoms with Gasteiger partial charge in [-0.15, -0.1) is 5.10 Å². The Morgan fingerprint density at radius 1 is 1.17 bits per heavy atom. The fraction of sp³-hybridized carbons (Fsp3) is 0.438. The Bertz CT molecular complexity index is 675. The molecule has 0 fully saturated rings. The standard InChI is InChI=1S/C16H21N3O5/c1-4-22-14-10(8-18-19-14)7-12-13(16(21)24-6-3)11(9-17-12)15(20)23-5-2/h7,9,17-18H,4-6,8H2,1-3H3. The lowest BCUT2D eigenvalue weighted by Crippen LogP contribution is -2.13. The van der Waals surface area contributed by atoms with Crippen molar-refractivity contribution < 1.29 is 23.8 Å². The molecule has 1 aliphatic heterocycles. The molecule has 8 nitrogen and oxygen atoms in total. The maximum absolute atomic E-state index is 12.3. The molecule has 0 bridgehead atoms.